The molecule has 164 valence electrons. The summed E-state index contributed by atoms with van der Waals surface area (Å²) in [5.74, 6) is -0.774. The van der Waals surface area contributed by atoms with Gasteiger partial charge in [0.15, 0.2) is 0 Å². The van der Waals surface area contributed by atoms with E-state index >= 15 is 0 Å². The third kappa shape index (κ3) is 5.45. The molecule has 0 aromatic heterocycles. The van der Waals surface area contributed by atoms with Gasteiger partial charge in [0.1, 0.15) is 5.78 Å². The van der Waals surface area contributed by atoms with Gasteiger partial charge in [-0.15, -0.1) is 0 Å². The summed E-state index contributed by atoms with van der Waals surface area (Å²) in [6.45, 7) is 3.74. The van der Waals surface area contributed by atoms with E-state index in [9.17, 15) is 4.57 Å². The van der Waals surface area contributed by atoms with Gasteiger partial charge in [-0.1, -0.05) is 47.5 Å². The van der Waals surface area contributed by atoms with Crippen LogP contribution in [0.2, 0.25) is 10.0 Å². The molecule has 0 amide bonds. The van der Waals surface area contributed by atoms with Gasteiger partial charge in [-0.3, -0.25) is 4.57 Å². The summed E-state index contributed by atoms with van der Waals surface area (Å²) in [6.07, 6.45) is -0.277. The second kappa shape index (κ2) is 10.1. The van der Waals surface area contributed by atoms with Gasteiger partial charge < -0.3 is 14.7 Å². The van der Waals surface area contributed by atoms with Crippen LogP contribution in [-0.2, 0) is 9.09 Å². The van der Waals surface area contributed by atoms with Crippen LogP contribution < -0.4 is 15.5 Å². The van der Waals surface area contributed by atoms with Crippen LogP contribution in [0.3, 0.4) is 0 Å². The van der Waals surface area contributed by atoms with Crippen molar-refractivity contribution in [3.63, 3.8) is 0 Å². The number of nitrogens with one attached hydrogen (secondary N) is 1. The molecule has 31 heavy (non-hydrogen) atoms. The third-order valence-corrected chi connectivity index (χ3v) is 8.26. The lowest BCUT2D eigenvalue weighted by atomic mass is 10.2. The van der Waals surface area contributed by atoms with E-state index in [1.54, 1.807) is 18.2 Å². The van der Waals surface area contributed by atoms with Crippen LogP contribution in [0.5, 0.6) is 0 Å². The predicted molar refractivity (Wildman–Crippen MR) is 133 cm³/mol. The van der Waals surface area contributed by atoms with Gasteiger partial charge in [-0.2, -0.15) is 0 Å². The second-order valence-corrected chi connectivity index (χ2v) is 11.0. The quantitative estimate of drug-likeness (QED) is 0.349. The molecule has 1 N–H and O–H groups in total. The Morgan fingerprint density at radius 1 is 0.871 bits per heavy atom. The van der Waals surface area contributed by atoms with Crippen LogP contribution in [0.4, 0.5) is 11.4 Å². The van der Waals surface area contributed by atoms with Gasteiger partial charge in [0.2, 0.25) is 0 Å². The summed E-state index contributed by atoms with van der Waals surface area (Å²) in [5.41, 5.74) is 2.35. The van der Waals surface area contributed by atoms with Crippen LogP contribution in [-0.4, -0.2) is 20.2 Å². The van der Waals surface area contributed by atoms with Crippen LogP contribution >= 0.6 is 30.6 Å². The van der Waals surface area contributed by atoms with E-state index < -0.39 is 13.2 Å². The molecule has 0 radical (unpaired) electrons. The zero-order valence-corrected chi connectivity index (χ0v) is 20.5. The molecule has 0 aliphatic rings. The maximum atomic E-state index is 14.7. The normalized spacial score (nSPS) is 14.2. The number of rotatable bonds is 8. The Kier molecular flexibility index (Phi) is 7.72. The molecule has 0 spiro atoms. The van der Waals surface area contributed by atoms with Crippen LogP contribution in [0.15, 0.2) is 72.8 Å². The Labute approximate surface area is 194 Å². The topological polar surface area (TPSA) is 41.6 Å². The third-order valence-electron chi connectivity index (χ3n) is 4.78. The van der Waals surface area contributed by atoms with E-state index in [1.807, 2.05) is 87.4 Å². The van der Waals surface area contributed by atoms with E-state index in [4.69, 9.17) is 27.7 Å². The lowest BCUT2D eigenvalue weighted by Crippen LogP contribution is -2.23. The largest absolute Gasteiger partial charge is 0.378 e. The first-order chi connectivity index (χ1) is 14.7. The van der Waals surface area contributed by atoms with Crippen molar-refractivity contribution in [3.05, 3.63) is 88.4 Å². The summed E-state index contributed by atoms with van der Waals surface area (Å²) in [7, 11) is 0.394. The number of halogens is 2. The molecule has 3 rings (SSSR count). The monoisotopic (exact) mass is 476 g/mol. The fourth-order valence-electron chi connectivity index (χ4n) is 3.33. The molecule has 0 heterocycles. The molecule has 3 aromatic carbocycles. The Balaban J connectivity index is 2.21. The maximum Gasteiger partial charge on any atom is 0.258 e. The van der Waals surface area contributed by atoms with Gasteiger partial charge >= 0.3 is 0 Å². The summed E-state index contributed by atoms with van der Waals surface area (Å²) >= 11 is 13.2. The van der Waals surface area contributed by atoms with Gasteiger partial charge in [0, 0.05) is 46.4 Å². The molecule has 0 fully saturated rings. The molecular weight excluding hydrogens is 450 g/mol. The van der Waals surface area contributed by atoms with Crippen molar-refractivity contribution in [3.8, 4) is 0 Å². The van der Waals surface area contributed by atoms with E-state index in [1.165, 1.54) is 0 Å². The summed E-state index contributed by atoms with van der Waals surface area (Å²) in [6, 6.07) is 22.4. The standard InChI is InChI=1S/C24H27Cl2N2O2P/c1-17(2)30-31(29,20-15-13-19(14-16-20)28(3)4)24(27-18-9-6-5-7-10-18)23-21(25)11-8-12-22(23)26/h5-17,24,27H,1-4H3/t24-,31-/m1/s1. The first kappa shape index (κ1) is 23.7. The van der Waals surface area contributed by atoms with Crippen molar-refractivity contribution in [2.45, 2.75) is 25.7 Å². The first-order valence-electron chi connectivity index (χ1n) is 10.0. The first-order valence-corrected chi connectivity index (χ1v) is 12.5. The SMILES string of the molecule is CC(C)O[P@](=O)(c1ccc(N(C)C)cc1)[C@@H](Nc1ccccc1)c1c(Cl)cccc1Cl. The van der Waals surface area contributed by atoms with Crippen molar-refractivity contribution in [1.29, 1.82) is 0 Å². The highest BCUT2D eigenvalue weighted by atomic mass is 35.5. The van der Waals surface area contributed by atoms with Crippen molar-refractivity contribution in [2.24, 2.45) is 0 Å². The Hall–Kier alpha value is -1.97. The van der Waals surface area contributed by atoms with E-state index in [2.05, 4.69) is 5.32 Å². The minimum atomic E-state index is -3.53. The van der Waals surface area contributed by atoms with Gasteiger partial charge in [-0.05, 0) is 62.4 Å². The van der Waals surface area contributed by atoms with Crippen LogP contribution in [0.25, 0.3) is 0 Å². The van der Waals surface area contributed by atoms with Crippen molar-refractivity contribution in [1.82, 2.24) is 0 Å². The Morgan fingerprint density at radius 3 is 1.97 bits per heavy atom. The highest BCUT2D eigenvalue weighted by Crippen LogP contribution is 2.61. The molecule has 3 aromatic rings. The number of anilines is 2. The molecule has 0 aliphatic heterocycles. The van der Waals surface area contributed by atoms with Crippen molar-refractivity contribution < 1.29 is 9.09 Å². The number of hydrogen-bond donors (Lipinski definition) is 1. The number of benzene rings is 3. The lowest BCUT2D eigenvalue weighted by molar-refractivity contribution is 0.245. The summed E-state index contributed by atoms with van der Waals surface area (Å²) in [5, 5.41) is 4.84. The summed E-state index contributed by atoms with van der Waals surface area (Å²) in [4.78, 5) is 1.99. The van der Waals surface area contributed by atoms with Gasteiger partial charge in [-0.25, -0.2) is 0 Å². The molecule has 0 saturated carbocycles. The zero-order chi connectivity index (χ0) is 22.6. The fraction of sp³-hybridized carbons (Fsp3) is 0.250. The smallest absolute Gasteiger partial charge is 0.258 e. The minimum Gasteiger partial charge on any atom is -0.378 e. The van der Waals surface area contributed by atoms with Gasteiger partial charge in [0.25, 0.3) is 7.37 Å². The average Bonchev–Trinajstić information content (AvgIpc) is 2.73. The molecule has 4 nitrogen and oxygen atoms in total. The number of hydrogen-bond acceptors (Lipinski definition) is 4. The molecule has 7 heteroatoms. The second-order valence-electron chi connectivity index (χ2n) is 7.71. The molecule has 0 bridgehead atoms. The fourth-order valence-corrected chi connectivity index (χ4v) is 6.77. The minimum absolute atomic E-state index is 0.277. The highest BCUT2D eigenvalue weighted by molar-refractivity contribution is 7.67. The molecule has 0 saturated heterocycles. The van der Waals surface area contributed by atoms with E-state index in [0.29, 0.717) is 20.9 Å². The number of nitrogens with zero attached hydrogens (tertiary/aromatic N) is 1. The molecule has 0 aliphatic carbocycles. The Bertz CT molecular complexity index is 1040. The van der Waals surface area contributed by atoms with Crippen molar-refractivity contribution >= 4 is 47.3 Å². The molecule has 2 atom stereocenters. The van der Waals surface area contributed by atoms with E-state index in [-0.39, 0.29) is 6.10 Å². The van der Waals surface area contributed by atoms with Crippen LogP contribution in [0, 0.1) is 0 Å². The molecular formula is C24H27Cl2N2O2P. The predicted octanol–water partition coefficient (Wildman–Crippen LogP) is 7.20. The lowest BCUT2D eigenvalue weighted by Gasteiger charge is -2.32. The average molecular weight is 477 g/mol. The van der Waals surface area contributed by atoms with Gasteiger partial charge in [0.05, 0.1) is 6.10 Å². The Morgan fingerprint density at radius 2 is 1.45 bits per heavy atom. The maximum absolute atomic E-state index is 14.7. The molecule has 0 unspecified atom stereocenters. The van der Waals surface area contributed by atoms with Crippen LogP contribution in [0.1, 0.15) is 25.2 Å². The van der Waals surface area contributed by atoms with E-state index in [0.717, 1.165) is 11.4 Å². The zero-order valence-electron chi connectivity index (χ0n) is 18.0. The van der Waals surface area contributed by atoms with Crippen molar-refractivity contribution in [2.75, 3.05) is 24.3 Å². The summed E-state index contributed by atoms with van der Waals surface area (Å²) < 4.78 is 20.9. The number of para-hydroxylation sites is 1. The highest BCUT2D eigenvalue weighted by Gasteiger charge is 2.40.